The monoisotopic (exact) mass is 871 g/mol. The van der Waals surface area contributed by atoms with Gasteiger partial charge in [0.2, 0.25) is 17.8 Å². The molecule has 8 rings (SSSR count). The highest BCUT2D eigenvalue weighted by atomic mass is 16.5. The molecule has 332 valence electrons. The molecule has 0 unspecified atom stereocenters. The Morgan fingerprint density at radius 2 is 1.50 bits per heavy atom. The van der Waals surface area contributed by atoms with Gasteiger partial charge in [-0.1, -0.05) is 12.2 Å². The Morgan fingerprint density at radius 1 is 0.797 bits per heavy atom. The second-order valence-electron chi connectivity index (χ2n) is 15.5. The number of hydrogen-bond donors (Lipinski definition) is 4. The first-order valence-electron chi connectivity index (χ1n) is 21.0. The van der Waals surface area contributed by atoms with Gasteiger partial charge in [-0.3, -0.25) is 38.5 Å². The maximum Gasteiger partial charge on any atom is 0.407 e. The molecule has 1 saturated heterocycles. The number of fused-ring (bicyclic) bond motifs is 4. The summed E-state index contributed by atoms with van der Waals surface area (Å²) in [7, 11) is 0. The molecule has 64 heavy (non-hydrogen) atoms. The Kier molecular flexibility index (Phi) is 12.1. The summed E-state index contributed by atoms with van der Waals surface area (Å²) < 4.78 is 13.7. The van der Waals surface area contributed by atoms with E-state index in [2.05, 4.69) is 30.4 Å². The summed E-state index contributed by atoms with van der Waals surface area (Å²) in [6, 6.07) is 8.53. The topological polar surface area (TPSA) is 265 Å². The van der Waals surface area contributed by atoms with E-state index in [1.165, 1.54) is 17.2 Å². The number of amides is 4. The van der Waals surface area contributed by atoms with Gasteiger partial charge in [0.25, 0.3) is 5.91 Å². The quantitative estimate of drug-likeness (QED) is 0.0796. The molecule has 0 aliphatic carbocycles. The number of aryl methyl sites for hydroxylation is 4. The Balaban J connectivity index is 1.15. The van der Waals surface area contributed by atoms with Crippen LogP contribution in [0.25, 0.3) is 44.6 Å². The molecule has 21 nitrogen and oxygen atoms in total. The van der Waals surface area contributed by atoms with E-state index in [1.54, 1.807) is 33.6 Å². The van der Waals surface area contributed by atoms with E-state index in [0.29, 0.717) is 115 Å². The zero-order chi connectivity index (χ0) is 45.2. The molecule has 0 saturated carbocycles. The number of piperazine rings is 1. The van der Waals surface area contributed by atoms with Gasteiger partial charge in [-0.2, -0.15) is 10.2 Å². The molecule has 6 aromatic heterocycles. The summed E-state index contributed by atoms with van der Waals surface area (Å²) in [6.07, 6.45) is 6.68. The average molecular weight is 872 g/mol. The zero-order valence-electron chi connectivity index (χ0n) is 36.0. The molecule has 0 atom stereocenters. The number of allylic oxidation sites excluding steroid dienone is 2. The summed E-state index contributed by atoms with van der Waals surface area (Å²) in [5.41, 5.74) is 16.5. The summed E-state index contributed by atoms with van der Waals surface area (Å²) in [6.45, 7) is 12.3. The van der Waals surface area contributed by atoms with Crippen molar-refractivity contribution in [1.82, 2.24) is 58.4 Å². The fourth-order valence-corrected chi connectivity index (χ4v) is 8.03. The van der Waals surface area contributed by atoms with E-state index >= 15 is 0 Å². The highest BCUT2D eigenvalue weighted by molar-refractivity contribution is 6.12. The van der Waals surface area contributed by atoms with Gasteiger partial charge in [0, 0.05) is 87.6 Å². The third kappa shape index (κ3) is 8.56. The molecule has 7 aromatic rings. The number of nitrogens with two attached hydrogens (primary N) is 2. The van der Waals surface area contributed by atoms with Crippen LogP contribution in [0.15, 0.2) is 54.9 Å². The average Bonchev–Trinajstić information content (AvgIpc) is 4.04. The van der Waals surface area contributed by atoms with E-state index in [4.69, 9.17) is 26.2 Å². The van der Waals surface area contributed by atoms with Crippen LogP contribution in [0.4, 0.5) is 10.7 Å². The number of nitrogens with zero attached hydrogens (tertiary/aromatic N) is 12. The number of primary amides is 2. The van der Waals surface area contributed by atoms with Crippen LogP contribution in [0.1, 0.15) is 62.9 Å². The maximum atomic E-state index is 13.6. The van der Waals surface area contributed by atoms with Crippen LogP contribution in [-0.4, -0.2) is 127 Å². The first kappa shape index (κ1) is 43.0. The number of rotatable bonds is 16. The van der Waals surface area contributed by atoms with E-state index in [9.17, 15) is 24.3 Å². The third-order valence-electron chi connectivity index (χ3n) is 11.2. The molecular formula is C43H49N15O6. The first-order valence-corrected chi connectivity index (χ1v) is 21.0. The smallest absolute Gasteiger partial charge is 0.407 e. The van der Waals surface area contributed by atoms with Crippen LogP contribution >= 0.6 is 0 Å². The molecular weight excluding hydrogens is 823 g/mol. The molecule has 0 bridgehead atoms. The second kappa shape index (κ2) is 18.0. The number of carbonyl (C=O) groups excluding carboxylic acids is 3. The number of hydrogen-bond acceptors (Lipinski definition) is 12. The normalized spacial score (nSPS) is 13.5. The van der Waals surface area contributed by atoms with Crippen molar-refractivity contribution in [3.63, 3.8) is 0 Å². The summed E-state index contributed by atoms with van der Waals surface area (Å²) >= 11 is 0. The molecule has 1 fully saturated rings. The molecule has 6 N–H and O–H groups in total. The van der Waals surface area contributed by atoms with Crippen LogP contribution in [-0.2, 0) is 26.2 Å². The number of nitrogens with one attached hydrogen (secondary N) is 1. The molecule has 0 radical (unpaired) electrons. The Hall–Kier alpha value is -7.68. The van der Waals surface area contributed by atoms with Crippen LogP contribution in [0, 0.1) is 13.8 Å². The van der Waals surface area contributed by atoms with E-state index < -0.39 is 23.8 Å². The molecule has 0 spiro atoms. The van der Waals surface area contributed by atoms with Gasteiger partial charge < -0.3 is 30.8 Å². The Bertz CT molecular complexity index is 2970. The number of pyridine rings is 1. The van der Waals surface area contributed by atoms with Crippen molar-refractivity contribution in [2.75, 3.05) is 44.6 Å². The van der Waals surface area contributed by atoms with Gasteiger partial charge >= 0.3 is 6.09 Å². The van der Waals surface area contributed by atoms with Crippen molar-refractivity contribution >= 4 is 62.9 Å². The molecule has 1 aliphatic heterocycles. The Labute approximate surface area is 366 Å². The van der Waals surface area contributed by atoms with Gasteiger partial charge in [-0.15, -0.1) is 0 Å². The molecule has 4 amide bonds. The predicted molar refractivity (Wildman–Crippen MR) is 237 cm³/mol. The predicted octanol–water partition coefficient (Wildman–Crippen LogP) is 3.82. The van der Waals surface area contributed by atoms with Gasteiger partial charge in [0.1, 0.15) is 28.3 Å². The third-order valence-corrected chi connectivity index (χ3v) is 11.2. The maximum absolute atomic E-state index is 13.6. The van der Waals surface area contributed by atoms with Crippen LogP contribution < -0.4 is 21.5 Å². The molecule has 1 aliphatic rings. The standard InChI is InChI=1S/C43H49N15O6/c1-5-57-32(18-25(3)51-57)38-46-24-30-29-20-27(36(44)59)22-34(64-17-9-10-53-13-15-54(16-14-53)43(62)63)35(29)55(39(30)49-38)11-7-8-12-56-40-31(21-28(23-47-40)37(45)60)48-42(56)50-41(61)33-19-26(4)52-58(33)6-2/h7-8,18-24H,5-6,9-17H2,1-4H3,(H2,44,59)(H2,45,60)(H,62,63)(H,48,50,61). The van der Waals surface area contributed by atoms with Crippen molar-refractivity contribution in [1.29, 1.82) is 0 Å². The SMILES string of the molecule is CCn1nc(C)cc1C(=O)Nc1nc2cc(C(N)=O)cnc2n1CC=CCn1c2nc(-c3cc(C)nn3CC)ncc2c2cc(C(N)=O)cc(OCCCN3CCN(C(=O)O)CC3)c21. The fraction of sp³-hybridized carbons (Fsp3) is 0.349. The lowest BCUT2D eigenvalue weighted by atomic mass is 10.1. The minimum absolute atomic E-state index is 0.172. The van der Waals surface area contributed by atoms with Gasteiger partial charge in [0.15, 0.2) is 11.5 Å². The van der Waals surface area contributed by atoms with Gasteiger partial charge in [-0.05, 0) is 64.4 Å². The van der Waals surface area contributed by atoms with Crippen molar-refractivity contribution in [2.45, 2.75) is 60.3 Å². The van der Waals surface area contributed by atoms with E-state index in [0.717, 1.165) is 11.4 Å². The minimum atomic E-state index is -0.915. The lowest BCUT2D eigenvalue weighted by Gasteiger charge is -2.32. The largest absolute Gasteiger partial charge is 0.491 e. The number of anilines is 1. The number of aromatic nitrogens is 10. The molecule has 21 heteroatoms. The number of imidazole rings is 1. The number of carbonyl (C=O) groups is 4. The van der Waals surface area contributed by atoms with E-state index in [1.807, 2.05) is 55.2 Å². The number of carboxylic acid groups (broad SMARTS) is 1. The highest BCUT2D eigenvalue weighted by Gasteiger charge is 2.24. The van der Waals surface area contributed by atoms with Crippen LogP contribution in [0.5, 0.6) is 5.75 Å². The summed E-state index contributed by atoms with van der Waals surface area (Å²) in [5, 5.41) is 22.6. The highest BCUT2D eigenvalue weighted by Crippen LogP contribution is 2.36. The van der Waals surface area contributed by atoms with Crippen molar-refractivity contribution in [3.8, 4) is 17.3 Å². The van der Waals surface area contributed by atoms with Gasteiger partial charge in [-0.25, -0.2) is 24.7 Å². The lowest BCUT2D eigenvalue weighted by Crippen LogP contribution is -2.48. The summed E-state index contributed by atoms with van der Waals surface area (Å²) in [5.74, 6) is -0.588. The van der Waals surface area contributed by atoms with Gasteiger partial charge in [0.05, 0.1) is 29.1 Å². The molecule has 7 heterocycles. The van der Waals surface area contributed by atoms with Crippen LogP contribution in [0.3, 0.4) is 0 Å². The second-order valence-corrected chi connectivity index (χ2v) is 15.5. The van der Waals surface area contributed by atoms with Crippen molar-refractivity contribution in [2.24, 2.45) is 11.5 Å². The minimum Gasteiger partial charge on any atom is -0.491 e. The first-order chi connectivity index (χ1) is 30.8. The van der Waals surface area contributed by atoms with Crippen molar-refractivity contribution in [3.05, 3.63) is 83.1 Å². The van der Waals surface area contributed by atoms with E-state index in [-0.39, 0.29) is 30.2 Å². The van der Waals surface area contributed by atoms with Crippen LogP contribution in [0.2, 0.25) is 0 Å². The zero-order valence-corrected chi connectivity index (χ0v) is 36.0. The lowest BCUT2D eigenvalue weighted by molar-refractivity contribution is 0.0991. The van der Waals surface area contributed by atoms with Crippen molar-refractivity contribution < 1.29 is 29.0 Å². The summed E-state index contributed by atoms with van der Waals surface area (Å²) in [4.78, 5) is 72.4. The number of ether oxygens (including phenoxy) is 1. The fourth-order valence-electron chi connectivity index (χ4n) is 8.03. The number of benzene rings is 1. The molecule has 1 aromatic carbocycles. The Morgan fingerprint density at radius 3 is 2.20 bits per heavy atom.